The summed E-state index contributed by atoms with van der Waals surface area (Å²) in [5.41, 5.74) is 2.01. The molecule has 1 heterocycles. The number of hydrogen-bond donors (Lipinski definition) is 1. The maximum Gasteiger partial charge on any atom is 0.0815 e. The maximum absolute atomic E-state index is 5.92. The molecule has 4 heteroatoms. The molecule has 2 rings (SSSR count). The second-order valence-electron chi connectivity index (χ2n) is 4.17. The smallest absolute Gasteiger partial charge is 0.0815 e. The van der Waals surface area contributed by atoms with Crippen molar-refractivity contribution in [2.75, 3.05) is 6.54 Å². The third-order valence-corrected chi connectivity index (χ3v) is 2.86. The maximum atomic E-state index is 5.92. The van der Waals surface area contributed by atoms with Gasteiger partial charge < -0.3 is 5.32 Å². The van der Waals surface area contributed by atoms with Crippen molar-refractivity contribution in [2.45, 2.75) is 32.4 Å². The Bertz CT molecular complexity index is 346. The van der Waals surface area contributed by atoms with Crippen LogP contribution in [0, 0.1) is 6.92 Å². The van der Waals surface area contributed by atoms with Crippen LogP contribution in [0.2, 0.25) is 5.02 Å². The molecular weight excluding hydrogens is 210 g/mol. The predicted molar refractivity (Wildman–Crippen MR) is 62.1 cm³/mol. The number of nitrogens with one attached hydrogen (secondary N) is 1. The lowest BCUT2D eigenvalue weighted by atomic mass is 10.3. The van der Waals surface area contributed by atoms with Gasteiger partial charge in [0, 0.05) is 18.8 Å². The van der Waals surface area contributed by atoms with Crippen LogP contribution in [0.4, 0.5) is 0 Å². The highest BCUT2D eigenvalue weighted by atomic mass is 35.5. The lowest BCUT2D eigenvalue weighted by Gasteiger charge is -2.06. The van der Waals surface area contributed by atoms with E-state index in [4.69, 9.17) is 11.6 Å². The first kappa shape index (κ1) is 10.7. The summed E-state index contributed by atoms with van der Waals surface area (Å²) in [5, 5.41) is 8.43. The Kier molecular flexibility index (Phi) is 3.12. The molecule has 1 saturated carbocycles. The zero-order valence-corrected chi connectivity index (χ0v) is 9.72. The third kappa shape index (κ3) is 3.08. The molecular formula is C11H16ClN3. The molecule has 1 aliphatic carbocycles. The monoisotopic (exact) mass is 225 g/mol. The summed E-state index contributed by atoms with van der Waals surface area (Å²) in [7, 11) is 0. The van der Waals surface area contributed by atoms with E-state index in [1.165, 1.54) is 12.8 Å². The van der Waals surface area contributed by atoms with Gasteiger partial charge in [-0.25, -0.2) is 0 Å². The van der Waals surface area contributed by atoms with Gasteiger partial charge >= 0.3 is 0 Å². The second-order valence-corrected chi connectivity index (χ2v) is 4.57. The van der Waals surface area contributed by atoms with Gasteiger partial charge in [0.05, 0.1) is 17.3 Å². The van der Waals surface area contributed by atoms with E-state index in [1.54, 1.807) is 0 Å². The third-order valence-electron chi connectivity index (χ3n) is 2.49. The highest BCUT2D eigenvalue weighted by Crippen LogP contribution is 2.18. The van der Waals surface area contributed by atoms with Crippen LogP contribution in [0.5, 0.6) is 0 Å². The number of rotatable bonds is 5. The molecule has 0 aliphatic heterocycles. The first-order valence-electron chi connectivity index (χ1n) is 5.25. The number of nitrogens with zero attached hydrogens (tertiary/aromatic N) is 2. The van der Waals surface area contributed by atoms with E-state index in [0.29, 0.717) is 0 Å². The summed E-state index contributed by atoms with van der Waals surface area (Å²) < 4.78 is 1.84. The summed E-state index contributed by atoms with van der Waals surface area (Å²) in [6.07, 6.45) is 4.46. The minimum absolute atomic E-state index is 0.720. The van der Waals surface area contributed by atoms with Gasteiger partial charge in [-0.1, -0.05) is 18.2 Å². The van der Waals surface area contributed by atoms with E-state index in [1.807, 2.05) is 17.8 Å². The minimum Gasteiger partial charge on any atom is -0.310 e. The van der Waals surface area contributed by atoms with Crippen LogP contribution in [-0.2, 0) is 6.54 Å². The highest BCUT2D eigenvalue weighted by Gasteiger charge is 2.20. The summed E-state index contributed by atoms with van der Waals surface area (Å²) >= 11 is 5.92. The van der Waals surface area contributed by atoms with E-state index in [2.05, 4.69) is 17.0 Å². The van der Waals surface area contributed by atoms with E-state index in [9.17, 15) is 0 Å². The molecule has 0 aromatic carbocycles. The van der Waals surface area contributed by atoms with Crippen molar-refractivity contribution in [3.63, 3.8) is 0 Å². The fourth-order valence-corrected chi connectivity index (χ4v) is 1.59. The van der Waals surface area contributed by atoms with Gasteiger partial charge in [-0.15, -0.1) is 0 Å². The first-order chi connectivity index (χ1) is 7.15. The zero-order chi connectivity index (χ0) is 10.8. The predicted octanol–water partition coefficient (Wildman–Crippen LogP) is 2.15. The highest BCUT2D eigenvalue weighted by molar-refractivity contribution is 6.31. The molecule has 0 bridgehead atoms. The van der Waals surface area contributed by atoms with Crippen LogP contribution < -0.4 is 5.32 Å². The van der Waals surface area contributed by atoms with Crippen LogP contribution in [0.1, 0.15) is 18.5 Å². The van der Waals surface area contributed by atoms with Gasteiger partial charge in [0.2, 0.25) is 0 Å². The van der Waals surface area contributed by atoms with Crippen molar-refractivity contribution in [1.29, 1.82) is 0 Å². The Morgan fingerprint density at radius 3 is 3.00 bits per heavy atom. The van der Waals surface area contributed by atoms with Crippen LogP contribution in [-0.4, -0.2) is 22.4 Å². The number of aromatic nitrogens is 2. The molecule has 0 unspecified atom stereocenters. The van der Waals surface area contributed by atoms with Crippen molar-refractivity contribution in [3.8, 4) is 0 Å². The topological polar surface area (TPSA) is 29.9 Å². The number of hydrogen-bond acceptors (Lipinski definition) is 2. The van der Waals surface area contributed by atoms with E-state index >= 15 is 0 Å². The molecule has 82 valence electrons. The molecule has 1 aromatic rings. The average molecular weight is 226 g/mol. The van der Waals surface area contributed by atoms with E-state index in [0.717, 1.165) is 35.4 Å². The molecule has 0 spiro atoms. The molecule has 0 amide bonds. The lowest BCUT2D eigenvalue weighted by Crippen LogP contribution is -2.21. The fourth-order valence-electron chi connectivity index (χ4n) is 1.44. The zero-order valence-electron chi connectivity index (χ0n) is 8.96. The summed E-state index contributed by atoms with van der Waals surface area (Å²) in [6.45, 7) is 7.55. The van der Waals surface area contributed by atoms with Crippen molar-refractivity contribution in [2.24, 2.45) is 0 Å². The molecule has 1 aromatic heterocycles. The summed E-state index contributed by atoms with van der Waals surface area (Å²) in [5.74, 6) is 0. The number of halogens is 1. The van der Waals surface area contributed by atoms with Crippen molar-refractivity contribution >= 4 is 11.6 Å². The van der Waals surface area contributed by atoms with Gasteiger partial charge in [0.25, 0.3) is 0 Å². The standard InChI is InChI=1S/C11H16ClN3/c1-8(5-13-10-3-4-10)6-15-7-11(12)9(2)14-15/h7,10,13H,1,3-6H2,2H3. The van der Waals surface area contributed by atoms with Gasteiger partial charge in [-0.3, -0.25) is 4.68 Å². The van der Waals surface area contributed by atoms with Crippen LogP contribution in [0.3, 0.4) is 0 Å². The SMILES string of the molecule is C=C(CNC1CC1)Cn1cc(Cl)c(C)n1. The Labute approximate surface area is 95.1 Å². The molecule has 15 heavy (non-hydrogen) atoms. The quantitative estimate of drug-likeness (QED) is 0.779. The van der Waals surface area contributed by atoms with Crippen LogP contribution in [0.15, 0.2) is 18.3 Å². The Morgan fingerprint density at radius 2 is 2.47 bits per heavy atom. The molecule has 1 N–H and O–H groups in total. The molecule has 1 aliphatic rings. The first-order valence-corrected chi connectivity index (χ1v) is 5.62. The number of aryl methyl sites for hydroxylation is 1. The van der Waals surface area contributed by atoms with Crippen molar-refractivity contribution in [3.05, 3.63) is 29.1 Å². The van der Waals surface area contributed by atoms with Crippen LogP contribution in [0.25, 0.3) is 0 Å². The van der Waals surface area contributed by atoms with Crippen molar-refractivity contribution < 1.29 is 0 Å². The van der Waals surface area contributed by atoms with Gasteiger partial charge in [0.1, 0.15) is 0 Å². The van der Waals surface area contributed by atoms with Gasteiger partial charge in [-0.2, -0.15) is 5.10 Å². The van der Waals surface area contributed by atoms with Crippen molar-refractivity contribution in [1.82, 2.24) is 15.1 Å². The fraction of sp³-hybridized carbons (Fsp3) is 0.545. The lowest BCUT2D eigenvalue weighted by molar-refractivity contribution is 0.631. The summed E-state index contributed by atoms with van der Waals surface area (Å²) in [4.78, 5) is 0. The minimum atomic E-state index is 0.720. The average Bonchev–Trinajstić information content (AvgIpc) is 2.93. The molecule has 0 atom stereocenters. The Morgan fingerprint density at radius 1 is 1.73 bits per heavy atom. The molecule has 1 fully saturated rings. The van der Waals surface area contributed by atoms with Crippen LogP contribution >= 0.6 is 11.6 Å². The normalized spacial score (nSPS) is 15.6. The van der Waals surface area contributed by atoms with E-state index in [-0.39, 0.29) is 0 Å². The summed E-state index contributed by atoms with van der Waals surface area (Å²) in [6, 6.07) is 0.727. The van der Waals surface area contributed by atoms with Gasteiger partial charge in [-0.05, 0) is 25.3 Å². The molecule has 3 nitrogen and oxygen atoms in total. The Hall–Kier alpha value is -0.800. The Balaban J connectivity index is 1.81. The molecule has 0 saturated heterocycles. The van der Waals surface area contributed by atoms with E-state index < -0.39 is 0 Å². The van der Waals surface area contributed by atoms with Gasteiger partial charge in [0.15, 0.2) is 0 Å². The second kappa shape index (κ2) is 4.37. The molecule has 0 radical (unpaired) electrons. The largest absolute Gasteiger partial charge is 0.310 e.